The van der Waals surface area contributed by atoms with Gasteiger partial charge in [0.15, 0.2) is 5.76 Å². The lowest BCUT2D eigenvalue weighted by Gasteiger charge is -2.23. The number of pyridine rings is 1. The third kappa shape index (κ3) is 3.36. The van der Waals surface area contributed by atoms with Crippen molar-refractivity contribution in [3.05, 3.63) is 48.7 Å². The average molecular weight is 407 g/mol. The van der Waals surface area contributed by atoms with Crippen molar-refractivity contribution in [1.29, 1.82) is 0 Å². The minimum Gasteiger partial charge on any atom is -0.451 e. The van der Waals surface area contributed by atoms with Gasteiger partial charge in [-0.05, 0) is 49.8 Å². The second-order valence-corrected chi connectivity index (χ2v) is 8.32. The molecule has 3 aromatic heterocycles. The van der Waals surface area contributed by atoms with Gasteiger partial charge in [0.2, 0.25) is 5.91 Å². The van der Waals surface area contributed by atoms with Crippen molar-refractivity contribution in [2.24, 2.45) is 11.8 Å². The van der Waals surface area contributed by atoms with Crippen LogP contribution in [0.25, 0.3) is 11.0 Å². The predicted octanol–water partition coefficient (Wildman–Crippen LogP) is 2.60. The number of aromatic nitrogens is 3. The zero-order valence-electron chi connectivity index (χ0n) is 17.0. The molecule has 3 unspecified atom stereocenters. The van der Waals surface area contributed by atoms with E-state index >= 15 is 0 Å². The Hall–Kier alpha value is -3.16. The molecule has 156 valence electrons. The number of amides is 2. The van der Waals surface area contributed by atoms with Crippen molar-refractivity contribution < 1.29 is 14.0 Å². The van der Waals surface area contributed by atoms with Gasteiger partial charge in [0.1, 0.15) is 11.6 Å². The van der Waals surface area contributed by atoms with E-state index in [1.807, 2.05) is 29.0 Å². The largest absolute Gasteiger partial charge is 0.451 e. The van der Waals surface area contributed by atoms with Gasteiger partial charge in [0.05, 0.1) is 0 Å². The minimum absolute atomic E-state index is 0.0630. The standard InChI is InChI=1S/C22H25N5O3/c1-15(27-8-2-6-24-27)21(28)25-9-4-16(13-25)17-5-10-26(14-17)22(29)20-11-18-12-23-7-3-19(18)30-20/h2-3,6-8,11-12,15-17H,4-5,9-10,13-14H2,1H3. The SMILES string of the molecule is CC(C(=O)N1CCC(C2CCN(C(=O)c3cc4cnccc4o3)C2)C1)n1cccn1. The minimum atomic E-state index is -0.289. The third-order valence-corrected chi connectivity index (χ3v) is 6.52. The second-order valence-electron chi connectivity index (χ2n) is 8.32. The van der Waals surface area contributed by atoms with E-state index < -0.39 is 0 Å². The van der Waals surface area contributed by atoms with E-state index in [9.17, 15) is 9.59 Å². The van der Waals surface area contributed by atoms with Crippen LogP contribution in [-0.4, -0.2) is 62.6 Å². The molecule has 0 aliphatic carbocycles. The van der Waals surface area contributed by atoms with Crippen LogP contribution in [-0.2, 0) is 4.79 Å². The number of hydrogen-bond acceptors (Lipinski definition) is 5. The topological polar surface area (TPSA) is 84.5 Å². The van der Waals surface area contributed by atoms with Gasteiger partial charge in [-0.3, -0.25) is 19.3 Å². The molecule has 2 aliphatic rings. The Kier molecular flexibility index (Phi) is 4.77. The van der Waals surface area contributed by atoms with Crippen molar-refractivity contribution in [2.75, 3.05) is 26.2 Å². The highest BCUT2D eigenvalue weighted by atomic mass is 16.3. The van der Waals surface area contributed by atoms with Crippen molar-refractivity contribution in [1.82, 2.24) is 24.6 Å². The average Bonchev–Trinajstić information content (AvgIpc) is 3.57. The van der Waals surface area contributed by atoms with Gasteiger partial charge >= 0.3 is 0 Å². The van der Waals surface area contributed by atoms with Crippen LogP contribution < -0.4 is 0 Å². The Bertz CT molecular complexity index is 1030. The molecule has 0 bridgehead atoms. The molecule has 0 N–H and O–H groups in total. The first kappa shape index (κ1) is 18.8. The second kappa shape index (κ2) is 7.59. The van der Waals surface area contributed by atoms with Gasteiger partial charge in [0, 0.05) is 56.4 Å². The van der Waals surface area contributed by atoms with Crippen molar-refractivity contribution in [3.8, 4) is 0 Å². The van der Waals surface area contributed by atoms with Gasteiger partial charge in [-0.2, -0.15) is 5.10 Å². The maximum atomic E-state index is 12.9. The highest BCUT2D eigenvalue weighted by Crippen LogP contribution is 2.33. The number of carbonyl (C=O) groups is 2. The summed E-state index contributed by atoms with van der Waals surface area (Å²) in [5, 5.41) is 5.03. The molecule has 2 fully saturated rings. The fraction of sp³-hybridized carbons (Fsp3) is 0.455. The Balaban J connectivity index is 1.20. The van der Waals surface area contributed by atoms with E-state index in [2.05, 4.69) is 10.1 Å². The number of likely N-dealkylation sites (tertiary alicyclic amines) is 2. The molecule has 2 aliphatic heterocycles. The van der Waals surface area contributed by atoms with Crippen LogP contribution in [0.2, 0.25) is 0 Å². The number of rotatable bonds is 4. The van der Waals surface area contributed by atoms with Crippen LogP contribution >= 0.6 is 0 Å². The van der Waals surface area contributed by atoms with E-state index in [0.29, 0.717) is 23.2 Å². The summed E-state index contributed by atoms with van der Waals surface area (Å²) in [6.07, 6.45) is 8.84. The van der Waals surface area contributed by atoms with Crippen LogP contribution in [0.1, 0.15) is 36.4 Å². The Morgan fingerprint density at radius 3 is 2.63 bits per heavy atom. The van der Waals surface area contributed by atoms with Gasteiger partial charge in [-0.15, -0.1) is 0 Å². The number of hydrogen-bond donors (Lipinski definition) is 0. The van der Waals surface area contributed by atoms with Crippen LogP contribution in [0.3, 0.4) is 0 Å². The van der Waals surface area contributed by atoms with E-state index in [1.54, 1.807) is 35.4 Å². The zero-order valence-corrected chi connectivity index (χ0v) is 17.0. The normalized spacial score (nSPS) is 22.7. The molecule has 2 saturated heterocycles. The summed E-state index contributed by atoms with van der Waals surface area (Å²) in [5.41, 5.74) is 0.681. The zero-order chi connectivity index (χ0) is 20.7. The smallest absolute Gasteiger partial charge is 0.289 e. The van der Waals surface area contributed by atoms with Crippen molar-refractivity contribution in [3.63, 3.8) is 0 Å². The molecule has 8 nitrogen and oxygen atoms in total. The maximum Gasteiger partial charge on any atom is 0.289 e. The predicted molar refractivity (Wildman–Crippen MR) is 110 cm³/mol. The van der Waals surface area contributed by atoms with E-state index in [-0.39, 0.29) is 17.9 Å². The van der Waals surface area contributed by atoms with Gasteiger partial charge in [-0.1, -0.05) is 0 Å². The number of fused-ring (bicyclic) bond motifs is 1. The van der Waals surface area contributed by atoms with E-state index in [0.717, 1.165) is 44.4 Å². The molecule has 2 amide bonds. The Morgan fingerprint density at radius 2 is 1.90 bits per heavy atom. The lowest BCUT2D eigenvalue weighted by Crippen LogP contribution is -2.35. The molecule has 0 saturated carbocycles. The van der Waals surface area contributed by atoms with Crippen LogP contribution in [0.4, 0.5) is 0 Å². The Labute approximate surface area is 174 Å². The summed E-state index contributed by atoms with van der Waals surface area (Å²) >= 11 is 0. The summed E-state index contributed by atoms with van der Waals surface area (Å²) < 4.78 is 7.42. The Morgan fingerprint density at radius 1 is 1.13 bits per heavy atom. The van der Waals surface area contributed by atoms with Gasteiger partial charge in [0.25, 0.3) is 5.91 Å². The number of nitrogens with zero attached hydrogens (tertiary/aromatic N) is 5. The molecule has 0 aromatic carbocycles. The molecule has 0 radical (unpaired) electrons. The summed E-state index contributed by atoms with van der Waals surface area (Å²) in [6.45, 7) is 4.87. The van der Waals surface area contributed by atoms with Crippen LogP contribution in [0.5, 0.6) is 0 Å². The monoisotopic (exact) mass is 407 g/mol. The fourth-order valence-electron chi connectivity index (χ4n) is 4.76. The number of furan rings is 1. The summed E-state index contributed by atoms with van der Waals surface area (Å²) in [4.78, 5) is 33.6. The van der Waals surface area contributed by atoms with Gasteiger partial charge in [-0.25, -0.2) is 0 Å². The molecular formula is C22H25N5O3. The van der Waals surface area contributed by atoms with Gasteiger partial charge < -0.3 is 14.2 Å². The fourth-order valence-corrected chi connectivity index (χ4v) is 4.76. The lowest BCUT2D eigenvalue weighted by molar-refractivity contribution is -0.133. The summed E-state index contributed by atoms with van der Waals surface area (Å²) in [6, 6.07) is 5.08. The lowest BCUT2D eigenvalue weighted by atomic mass is 9.91. The number of carbonyl (C=O) groups excluding carboxylic acids is 2. The molecular weight excluding hydrogens is 382 g/mol. The maximum absolute atomic E-state index is 12.9. The highest BCUT2D eigenvalue weighted by molar-refractivity contribution is 5.96. The van der Waals surface area contributed by atoms with Crippen molar-refractivity contribution in [2.45, 2.75) is 25.8 Å². The van der Waals surface area contributed by atoms with Crippen LogP contribution in [0.15, 0.2) is 47.4 Å². The molecule has 5 rings (SSSR count). The third-order valence-electron chi connectivity index (χ3n) is 6.52. The first-order valence-corrected chi connectivity index (χ1v) is 10.5. The van der Waals surface area contributed by atoms with Crippen molar-refractivity contribution >= 4 is 22.8 Å². The molecule has 0 spiro atoms. The van der Waals surface area contributed by atoms with E-state index in [1.165, 1.54) is 0 Å². The molecule has 8 heteroatoms. The highest BCUT2D eigenvalue weighted by Gasteiger charge is 2.38. The molecule has 3 aromatic rings. The summed E-state index contributed by atoms with van der Waals surface area (Å²) in [7, 11) is 0. The summed E-state index contributed by atoms with van der Waals surface area (Å²) in [5.74, 6) is 1.26. The first-order chi connectivity index (χ1) is 14.6. The quantitative estimate of drug-likeness (QED) is 0.664. The first-order valence-electron chi connectivity index (χ1n) is 10.5. The molecule has 30 heavy (non-hydrogen) atoms. The van der Waals surface area contributed by atoms with E-state index in [4.69, 9.17) is 4.42 Å². The van der Waals surface area contributed by atoms with Crippen LogP contribution in [0, 0.1) is 11.8 Å². The molecule has 5 heterocycles. The molecule has 3 atom stereocenters.